The lowest BCUT2D eigenvalue weighted by atomic mass is 10.1. The van der Waals surface area contributed by atoms with E-state index in [2.05, 4.69) is 0 Å². The molecule has 0 amide bonds. The van der Waals surface area contributed by atoms with Crippen molar-refractivity contribution in [1.29, 1.82) is 0 Å². The van der Waals surface area contributed by atoms with Crippen molar-refractivity contribution in [2.45, 2.75) is 6.10 Å². The van der Waals surface area contributed by atoms with Crippen molar-refractivity contribution < 1.29 is 5.11 Å². The van der Waals surface area contributed by atoms with Gasteiger partial charge in [-0.05, 0) is 17.5 Å². The molecule has 1 N–H and O–H groups in total. The molecule has 14 heavy (non-hydrogen) atoms. The number of hydrogen-bond donors (Lipinski definition) is 1. The Balaban J connectivity index is 2.37. The van der Waals surface area contributed by atoms with Crippen LogP contribution in [0.15, 0.2) is 41.8 Å². The third-order valence-electron chi connectivity index (χ3n) is 2.01. The van der Waals surface area contributed by atoms with Crippen LogP contribution in [0.1, 0.15) is 16.5 Å². The van der Waals surface area contributed by atoms with Gasteiger partial charge in [-0.3, -0.25) is 0 Å². The summed E-state index contributed by atoms with van der Waals surface area (Å²) in [6.45, 7) is 0. The summed E-state index contributed by atoms with van der Waals surface area (Å²) in [6, 6.07) is 11.2. The van der Waals surface area contributed by atoms with Crippen LogP contribution >= 0.6 is 22.9 Å². The number of hydrogen-bond acceptors (Lipinski definition) is 2. The average Bonchev–Trinajstić information content (AvgIpc) is 2.70. The molecule has 0 aliphatic rings. The standard InChI is InChI=1S/C11H9ClOS/c12-9-5-2-1-4-8(9)11(13)10-6-3-7-14-10/h1-7,11,13H/t11-/m0/s1. The number of benzene rings is 1. The minimum Gasteiger partial charge on any atom is -0.383 e. The molecule has 0 unspecified atom stereocenters. The van der Waals surface area contributed by atoms with Crippen molar-refractivity contribution in [3.63, 3.8) is 0 Å². The fourth-order valence-electron chi connectivity index (χ4n) is 1.30. The Kier molecular flexibility index (Phi) is 2.87. The van der Waals surface area contributed by atoms with Crippen LogP contribution in [0.5, 0.6) is 0 Å². The van der Waals surface area contributed by atoms with Gasteiger partial charge in [-0.2, -0.15) is 0 Å². The molecular formula is C11H9ClOS. The van der Waals surface area contributed by atoms with Gasteiger partial charge in [0.05, 0.1) is 0 Å². The van der Waals surface area contributed by atoms with Crippen molar-refractivity contribution in [3.8, 4) is 0 Å². The Morgan fingerprint density at radius 2 is 1.93 bits per heavy atom. The molecule has 2 rings (SSSR count). The van der Waals surface area contributed by atoms with Crippen molar-refractivity contribution in [1.82, 2.24) is 0 Å². The number of thiophene rings is 1. The highest BCUT2D eigenvalue weighted by Crippen LogP contribution is 2.30. The van der Waals surface area contributed by atoms with Gasteiger partial charge in [0.2, 0.25) is 0 Å². The first-order valence-corrected chi connectivity index (χ1v) is 5.50. The van der Waals surface area contributed by atoms with E-state index in [1.807, 2.05) is 35.7 Å². The number of halogens is 1. The minimum absolute atomic E-state index is 0.605. The number of aliphatic hydroxyl groups is 1. The number of aliphatic hydroxyl groups excluding tert-OH is 1. The minimum atomic E-state index is -0.608. The van der Waals surface area contributed by atoms with Crippen LogP contribution in [0, 0.1) is 0 Å². The summed E-state index contributed by atoms with van der Waals surface area (Å²) in [7, 11) is 0. The van der Waals surface area contributed by atoms with Gasteiger partial charge in [0.25, 0.3) is 0 Å². The van der Waals surface area contributed by atoms with Gasteiger partial charge in [0, 0.05) is 15.5 Å². The smallest absolute Gasteiger partial charge is 0.115 e. The van der Waals surface area contributed by atoms with Crippen LogP contribution < -0.4 is 0 Å². The molecule has 0 saturated carbocycles. The molecule has 1 heterocycles. The molecule has 0 bridgehead atoms. The highest BCUT2D eigenvalue weighted by Gasteiger charge is 2.13. The number of rotatable bonds is 2. The van der Waals surface area contributed by atoms with E-state index in [4.69, 9.17) is 11.6 Å². The van der Waals surface area contributed by atoms with Crippen LogP contribution in [0.3, 0.4) is 0 Å². The van der Waals surface area contributed by atoms with E-state index in [-0.39, 0.29) is 0 Å². The second kappa shape index (κ2) is 4.13. The summed E-state index contributed by atoms with van der Waals surface area (Å²) >= 11 is 7.51. The summed E-state index contributed by atoms with van der Waals surface area (Å²) in [6.07, 6.45) is -0.608. The van der Waals surface area contributed by atoms with Crippen molar-refractivity contribution in [2.75, 3.05) is 0 Å². The van der Waals surface area contributed by atoms with Gasteiger partial charge in [-0.1, -0.05) is 35.9 Å². The van der Waals surface area contributed by atoms with Gasteiger partial charge >= 0.3 is 0 Å². The Morgan fingerprint density at radius 1 is 1.14 bits per heavy atom. The van der Waals surface area contributed by atoms with Crippen LogP contribution in [-0.4, -0.2) is 5.11 Å². The molecule has 0 spiro atoms. The predicted molar refractivity (Wildman–Crippen MR) is 59.8 cm³/mol. The lowest BCUT2D eigenvalue weighted by Gasteiger charge is -2.10. The van der Waals surface area contributed by atoms with Crippen LogP contribution in [0.25, 0.3) is 0 Å². The monoisotopic (exact) mass is 224 g/mol. The fourth-order valence-corrected chi connectivity index (χ4v) is 2.26. The molecule has 1 aromatic heterocycles. The summed E-state index contributed by atoms with van der Waals surface area (Å²) in [5.74, 6) is 0. The zero-order valence-corrected chi connectivity index (χ0v) is 8.92. The molecule has 72 valence electrons. The zero-order chi connectivity index (χ0) is 9.97. The van der Waals surface area contributed by atoms with Crippen molar-refractivity contribution >= 4 is 22.9 Å². The van der Waals surface area contributed by atoms with E-state index in [1.54, 1.807) is 6.07 Å². The average molecular weight is 225 g/mol. The van der Waals surface area contributed by atoms with Gasteiger partial charge in [0.15, 0.2) is 0 Å². The summed E-state index contributed by atoms with van der Waals surface area (Å²) in [5, 5.41) is 12.5. The normalized spacial score (nSPS) is 12.7. The van der Waals surface area contributed by atoms with E-state index >= 15 is 0 Å². The Bertz CT molecular complexity index is 411. The van der Waals surface area contributed by atoms with Crippen LogP contribution in [0.2, 0.25) is 5.02 Å². The molecule has 1 nitrogen and oxygen atoms in total. The van der Waals surface area contributed by atoms with E-state index in [9.17, 15) is 5.11 Å². The van der Waals surface area contributed by atoms with Gasteiger partial charge in [-0.15, -0.1) is 11.3 Å². The topological polar surface area (TPSA) is 20.2 Å². The first-order chi connectivity index (χ1) is 6.79. The molecular weight excluding hydrogens is 216 g/mol. The maximum absolute atomic E-state index is 9.99. The van der Waals surface area contributed by atoms with Crippen LogP contribution in [-0.2, 0) is 0 Å². The van der Waals surface area contributed by atoms with Gasteiger partial charge in [-0.25, -0.2) is 0 Å². The quantitative estimate of drug-likeness (QED) is 0.828. The van der Waals surface area contributed by atoms with E-state index in [0.29, 0.717) is 5.02 Å². The molecule has 0 aliphatic heterocycles. The van der Waals surface area contributed by atoms with E-state index in [1.165, 1.54) is 11.3 Å². The van der Waals surface area contributed by atoms with Crippen LogP contribution in [0.4, 0.5) is 0 Å². The molecule has 1 aromatic carbocycles. The molecule has 0 fully saturated rings. The maximum Gasteiger partial charge on any atom is 0.115 e. The Morgan fingerprint density at radius 3 is 2.57 bits per heavy atom. The second-order valence-electron chi connectivity index (χ2n) is 2.94. The van der Waals surface area contributed by atoms with Gasteiger partial charge in [0.1, 0.15) is 6.10 Å². The van der Waals surface area contributed by atoms with E-state index in [0.717, 1.165) is 10.4 Å². The Hall–Kier alpha value is -0.830. The summed E-state index contributed by atoms with van der Waals surface area (Å²) < 4.78 is 0. The molecule has 3 heteroatoms. The molecule has 2 aromatic rings. The third kappa shape index (κ3) is 1.82. The SMILES string of the molecule is O[C@H](c1cccs1)c1ccccc1Cl. The van der Waals surface area contributed by atoms with Gasteiger partial charge < -0.3 is 5.11 Å². The molecule has 0 radical (unpaired) electrons. The highest BCUT2D eigenvalue weighted by molar-refractivity contribution is 7.10. The fraction of sp³-hybridized carbons (Fsp3) is 0.0909. The van der Waals surface area contributed by atoms with Crippen molar-refractivity contribution in [2.24, 2.45) is 0 Å². The first-order valence-electron chi connectivity index (χ1n) is 4.25. The largest absolute Gasteiger partial charge is 0.383 e. The third-order valence-corrected chi connectivity index (χ3v) is 3.28. The zero-order valence-electron chi connectivity index (χ0n) is 7.35. The van der Waals surface area contributed by atoms with E-state index < -0.39 is 6.10 Å². The summed E-state index contributed by atoms with van der Waals surface area (Å²) in [5.41, 5.74) is 0.761. The molecule has 0 saturated heterocycles. The molecule has 1 atom stereocenters. The lowest BCUT2D eigenvalue weighted by molar-refractivity contribution is 0.224. The van der Waals surface area contributed by atoms with Crippen molar-refractivity contribution in [3.05, 3.63) is 57.2 Å². The lowest BCUT2D eigenvalue weighted by Crippen LogP contribution is -1.97. The second-order valence-corrected chi connectivity index (χ2v) is 4.33. The predicted octanol–water partition coefficient (Wildman–Crippen LogP) is 3.48. The maximum atomic E-state index is 9.99. The molecule has 0 aliphatic carbocycles. The highest BCUT2D eigenvalue weighted by atomic mass is 35.5. The first kappa shape index (κ1) is 9.71. The summed E-state index contributed by atoms with van der Waals surface area (Å²) in [4.78, 5) is 0.915. The Labute approximate surface area is 91.6 Å².